The van der Waals surface area contributed by atoms with Crippen LogP contribution in [0.25, 0.3) is 0 Å². The molecule has 2 amide bonds. The minimum atomic E-state index is -0.373. The van der Waals surface area contributed by atoms with E-state index in [0.717, 1.165) is 0 Å². The summed E-state index contributed by atoms with van der Waals surface area (Å²) in [6, 6.07) is 18.1. The molecule has 0 saturated heterocycles. The largest absolute Gasteiger partial charge is 0.497 e. The molecule has 6 nitrogen and oxygen atoms in total. The number of ether oxygens (including phenoxy) is 2. The fraction of sp³-hybridized carbons (Fsp3) is 0.130. The second kappa shape index (κ2) is 8.24. The summed E-state index contributed by atoms with van der Waals surface area (Å²) in [6.07, 6.45) is 0. The predicted molar refractivity (Wildman–Crippen MR) is 110 cm³/mol. The Balaban J connectivity index is 1.54. The Morgan fingerprint density at radius 1 is 1.13 bits per heavy atom. The van der Waals surface area contributed by atoms with Crippen molar-refractivity contribution in [2.24, 2.45) is 0 Å². The average molecular weight is 406 g/mol. The van der Waals surface area contributed by atoms with Crippen LogP contribution < -0.4 is 19.7 Å². The van der Waals surface area contributed by atoms with E-state index in [1.807, 2.05) is 0 Å². The van der Waals surface area contributed by atoms with Gasteiger partial charge in [0, 0.05) is 22.9 Å². The van der Waals surface area contributed by atoms with E-state index >= 15 is 0 Å². The van der Waals surface area contributed by atoms with E-state index in [9.17, 15) is 14.0 Å². The van der Waals surface area contributed by atoms with E-state index in [-0.39, 0.29) is 30.8 Å². The van der Waals surface area contributed by atoms with Crippen LogP contribution >= 0.6 is 0 Å². The van der Waals surface area contributed by atoms with Crippen LogP contribution in [0.3, 0.4) is 0 Å². The number of nitrogens with zero attached hydrogens (tertiary/aromatic N) is 1. The third-order valence-electron chi connectivity index (χ3n) is 4.80. The van der Waals surface area contributed by atoms with Crippen molar-refractivity contribution in [3.8, 4) is 11.5 Å². The van der Waals surface area contributed by atoms with Crippen LogP contribution in [-0.2, 0) is 11.3 Å². The predicted octanol–water partition coefficient (Wildman–Crippen LogP) is 4.01. The number of anilines is 2. The van der Waals surface area contributed by atoms with Gasteiger partial charge in [-0.15, -0.1) is 0 Å². The highest BCUT2D eigenvalue weighted by Gasteiger charge is 2.26. The summed E-state index contributed by atoms with van der Waals surface area (Å²) in [6.45, 7) is -0.0588. The standard InChI is InChI=1S/C23H19FN2O4/c1-29-18-9-6-15(7-10-18)23(28)25-17-8-11-20-21(12-17)30-14-22(27)26(20)13-16-4-2-3-5-19(16)24/h2-12H,13-14H2,1H3,(H,25,28). The summed E-state index contributed by atoms with van der Waals surface area (Å²) in [5.41, 5.74) is 1.94. The Bertz CT molecular complexity index is 1100. The number of halogens is 1. The van der Waals surface area contributed by atoms with Crippen LogP contribution in [0.1, 0.15) is 15.9 Å². The van der Waals surface area contributed by atoms with Crippen LogP contribution in [0.2, 0.25) is 0 Å². The molecule has 7 heteroatoms. The zero-order valence-corrected chi connectivity index (χ0v) is 16.2. The maximum absolute atomic E-state index is 14.0. The molecule has 1 aliphatic heterocycles. The molecule has 4 rings (SSSR count). The molecule has 0 spiro atoms. The highest BCUT2D eigenvalue weighted by molar-refractivity contribution is 6.05. The smallest absolute Gasteiger partial charge is 0.265 e. The Morgan fingerprint density at radius 3 is 2.63 bits per heavy atom. The molecule has 0 unspecified atom stereocenters. The van der Waals surface area contributed by atoms with Gasteiger partial charge in [-0.3, -0.25) is 9.59 Å². The van der Waals surface area contributed by atoms with Crippen molar-refractivity contribution < 1.29 is 23.5 Å². The van der Waals surface area contributed by atoms with Gasteiger partial charge in [0.25, 0.3) is 11.8 Å². The molecule has 1 heterocycles. The van der Waals surface area contributed by atoms with E-state index in [0.29, 0.717) is 34.0 Å². The van der Waals surface area contributed by atoms with E-state index in [1.165, 1.54) is 11.0 Å². The lowest BCUT2D eigenvalue weighted by Crippen LogP contribution is -2.38. The highest BCUT2D eigenvalue weighted by Crippen LogP contribution is 2.35. The van der Waals surface area contributed by atoms with Crippen molar-refractivity contribution in [3.05, 3.63) is 83.7 Å². The highest BCUT2D eigenvalue weighted by atomic mass is 19.1. The molecule has 0 atom stereocenters. The molecule has 3 aromatic carbocycles. The summed E-state index contributed by atoms with van der Waals surface area (Å²) in [7, 11) is 1.56. The maximum Gasteiger partial charge on any atom is 0.265 e. The minimum absolute atomic E-state index is 0.0966. The second-order valence-corrected chi connectivity index (χ2v) is 6.73. The number of nitrogens with one attached hydrogen (secondary N) is 1. The maximum atomic E-state index is 14.0. The van der Waals surface area contributed by atoms with Gasteiger partial charge >= 0.3 is 0 Å². The SMILES string of the molecule is COc1ccc(C(=O)Nc2ccc3c(c2)OCC(=O)N3Cc2ccccc2F)cc1. The Labute approximate surface area is 172 Å². The molecule has 0 fully saturated rings. The molecular weight excluding hydrogens is 387 g/mol. The normalized spacial score (nSPS) is 12.7. The molecule has 0 aliphatic carbocycles. The van der Waals surface area contributed by atoms with E-state index < -0.39 is 0 Å². The summed E-state index contributed by atoms with van der Waals surface area (Å²) in [4.78, 5) is 26.3. The van der Waals surface area contributed by atoms with Gasteiger partial charge in [0.05, 0.1) is 19.3 Å². The number of amides is 2. The molecule has 30 heavy (non-hydrogen) atoms. The van der Waals surface area contributed by atoms with Crippen molar-refractivity contribution in [3.63, 3.8) is 0 Å². The molecule has 1 N–H and O–H groups in total. The monoisotopic (exact) mass is 406 g/mol. The molecule has 3 aromatic rings. The van der Waals surface area contributed by atoms with Gasteiger partial charge in [-0.05, 0) is 42.5 Å². The first-order valence-corrected chi connectivity index (χ1v) is 9.31. The van der Waals surface area contributed by atoms with Crippen LogP contribution in [0.5, 0.6) is 11.5 Å². The molecule has 1 aliphatic rings. The van der Waals surface area contributed by atoms with Crippen LogP contribution in [0.15, 0.2) is 66.7 Å². The molecule has 152 valence electrons. The number of hydrogen-bond donors (Lipinski definition) is 1. The molecule has 0 radical (unpaired) electrons. The lowest BCUT2D eigenvalue weighted by molar-refractivity contribution is -0.121. The number of methoxy groups -OCH3 is 1. The van der Waals surface area contributed by atoms with Crippen molar-refractivity contribution in [2.75, 3.05) is 23.9 Å². The fourth-order valence-electron chi connectivity index (χ4n) is 3.20. The topological polar surface area (TPSA) is 67.9 Å². The molecule has 0 saturated carbocycles. The number of hydrogen-bond acceptors (Lipinski definition) is 4. The van der Waals surface area contributed by atoms with Gasteiger partial charge in [0.1, 0.15) is 17.3 Å². The summed E-state index contributed by atoms with van der Waals surface area (Å²) in [5.74, 6) is 0.182. The van der Waals surface area contributed by atoms with Gasteiger partial charge in [-0.25, -0.2) is 4.39 Å². The van der Waals surface area contributed by atoms with E-state index in [4.69, 9.17) is 9.47 Å². The van der Waals surface area contributed by atoms with Crippen LogP contribution in [-0.4, -0.2) is 25.5 Å². The third kappa shape index (κ3) is 3.96. The van der Waals surface area contributed by atoms with Crippen LogP contribution in [0, 0.1) is 5.82 Å². The molecular formula is C23H19FN2O4. The minimum Gasteiger partial charge on any atom is -0.497 e. The van der Waals surface area contributed by atoms with E-state index in [2.05, 4.69) is 5.32 Å². The van der Waals surface area contributed by atoms with Crippen molar-refractivity contribution in [1.82, 2.24) is 0 Å². The lowest BCUT2D eigenvalue weighted by Gasteiger charge is -2.30. The second-order valence-electron chi connectivity index (χ2n) is 6.73. The Morgan fingerprint density at radius 2 is 1.90 bits per heavy atom. The average Bonchev–Trinajstić information content (AvgIpc) is 2.77. The van der Waals surface area contributed by atoms with Crippen molar-refractivity contribution >= 4 is 23.2 Å². The summed E-state index contributed by atoms with van der Waals surface area (Å²) in [5, 5.41) is 2.81. The van der Waals surface area contributed by atoms with Crippen molar-refractivity contribution in [1.29, 1.82) is 0 Å². The van der Waals surface area contributed by atoms with Crippen LogP contribution in [0.4, 0.5) is 15.8 Å². The first kappa shape index (κ1) is 19.4. The molecule has 0 bridgehead atoms. The van der Waals surface area contributed by atoms with Crippen molar-refractivity contribution in [2.45, 2.75) is 6.54 Å². The van der Waals surface area contributed by atoms with Gasteiger partial charge in [0.15, 0.2) is 6.61 Å². The van der Waals surface area contributed by atoms with Gasteiger partial charge in [0.2, 0.25) is 0 Å². The van der Waals surface area contributed by atoms with Gasteiger partial charge in [-0.1, -0.05) is 18.2 Å². The number of carbonyl (C=O) groups excluding carboxylic acids is 2. The van der Waals surface area contributed by atoms with E-state index in [1.54, 1.807) is 67.8 Å². The number of benzene rings is 3. The first-order valence-electron chi connectivity index (χ1n) is 9.31. The number of rotatable bonds is 5. The third-order valence-corrected chi connectivity index (χ3v) is 4.80. The summed E-state index contributed by atoms with van der Waals surface area (Å²) < 4.78 is 24.7. The number of carbonyl (C=O) groups is 2. The summed E-state index contributed by atoms with van der Waals surface area (Å²) >= 11 is 0. The zero-order valence-electron chi connectivity index (χ0n) is 16.2. The quantitative estimate of drug-likeness (QED) is 0.695. The zero-order chi connectivity index (χ0) is 21.1. The van der Waals surface area contributed by atoms with Gasteiger partial charge in [-0.2, -0.15) is 0 Å². The fourth-order valence-corrected chi connectivity index (χ4v) is 3.20. The first-order chi connectivity index (χ1) is 14.5. The molecule has 0 aromatic heterocycles. The number of fused-ring (bicyclic) bond motifs is 1. The lowest BCUT2D eigenvalue weighted by atomic mass is 10.1. The van der Waals surface area contributed by atoms with Gasteiger partial charge < -0.3 is 19.7 Å². The Hall–Kier alpha value is -3.87. The Kier molecular flexibility index (Phi) is 5.34.